The van der Waals surface area contributed by atoms with Crippen LogP contribution in [0.2, 0.25) is 0 Å². The number of nitrogens with one attached hydrogen (secondary N) is 2. The maximum absolute atomic E-state index is 13.0. The summed E-state index contributed by atoms with van der Waals surface area (Å²) < 4.78 is 31.5. The summed E-state index contributed by atoms with van der Waals surface area (Å²) in [4.78, 5) is 0. The summed E-state index contributed by atoms with van der Waals surface area (Å²) in [7, 11) is 0. The van der Waals surface area contributed by atoms with Gasteiger partial charge in [-0.2, -0.15) is 0 Å². The molecule has 1 unspecified atom stereocenters. The van der Waals surface area contributed by atoms with E-state index in [0.717, 1.165) is 12.6 Å². The molecule has 21 heavy (non-hydrogen) atoms. The van der Waals surface area contributed by atoms with Gasteiger partial charge in [0.25, 0.3) is 0 Å². The second kappa shape index (κ2) is 7.12. The third kappa shape index (κ3) is 4.49. The monoisotopic (exact) mass is 296 g/mol. The van der Waals surface area contributed by atoms with Crippen LogP contribution >= 0.6 is 0 Å². The van der Waals surface area contributed by atoms with Crippen LogP contribution < -0.4 is 10.6 Å². The highest BCUT2D eigenvalue weighted by atomic mass is 19.1. The van der Waals surface area contributed by atoms with Gasteiger partial charge in [0.2, 0.25) is 5.89 Å². The Kier molecular flexibility index (Phi) is 5.21. The number of aromatic nitrogens is 2. The zero-order valence-corrected chi connectivity index (χ0v) is 12.0. The molecule has 0 spiro atoms. The normalized spacial score (nSPS) is 12.4. The van der Waals surface area contributed by atoms with Gasteiger partial charge in [-0.15, -0.1) is 5.10 Å². The average molecular weight is 296 g/mol. The first-order chi connectivity index (χ1) is 10.1. The Labute approximate surface area is 121 Å². The average Bonchev–Trinajstić information content (AvgIpc) is 2.87. The molecule has 2 rings (SSSR count). The van der Waals surface area contributed by atoms with Gasteiger partial charge in [-0.1, -0.05) is 12.0 Å². The second-order valence-electron chi connectivity index (χ2n) is 4.68. The maximum Gasteiger partial charge on any atom is 0.315 e. The quantitative estimate of drug-likeness (QED) is 0.822. The fraction of sp³-hybridized carbons (Fsp3) is 0.429. The molecule has 1 aromatic carbocycles. The van der Waals surface area contributed by atoms with Crippen molar-refractivity contribution in [1.29, 1.82) is 0 Å². The molecule has 7 heteroatoms. The Morgan fingerprint density at radius 1 is 1.19 bits per heavy atom. The number of nitrogens with zero attached hydrogens (tertiary/aromatic N) is 2. The number of halogens is 2. The summed E-state index contributed by atoms with van der Waals surface area (Å²) in [5, 5.41) is 13.9. The van der Waals surface area contributed by atoms with E-state index in [9.17, 15) is 8.78 Å². The van der Waals surface area contributed by atoms with E-state index in [-0.39, 0.29) is 6.04 Å². The van der Waals surface area contributed by atoms with Crippen molar-refractivity contribution in [3.8, 4) is 0 Å². The fourth-order valence-corrected chi connectivity index (χ4v) is 1.94. The summed E-state index contributed by atoms with van der Waals surface area (Å²) in [6, 6.07) is 3.74. The van der Waals surface area contributed by atoms with Crippen LogP contribution in [0.1, 0.15) is 31.3 Å². The highest BCUT2D eigenvalue weighted by Crippen LogP contribution is 2.14. The van der Waals surface area contributed by atoms with Crippen molar-refractivity contribution in [3.63, 3.8) is 0 Å². The molecule has 2 N–H and O–H groups in total. The van der Waals surface area contributed by atoms with Crippen molar-refractivity contribution in [1.82, 2.24) is 15.5 Å². The van der Waals surface area contributed by atoms with Crippen molar-refractivity contribution < 1.29 is 13.2 Å². The van der Waals surface area contributed by atoms with Gasteiger partial charge in [-0.3, -0.25) is 0 Å². The standard InChI is InChI=1S/C14H18F2N4O/c1-3-17-9(2)13-19-20-14(21-13)18-5-4-10-6-11(15)8-12(16)7-10/h6-9,17H,3-5H2,1-2H3,(H,18,20). The van der Waals surface area contributed by atoms with Crippen molar-refractivity contribution in [2.24, 2.45) is 0 Å². The smallest absolute Gasteiger partial charge is 0.315 e. The number of rotatable bonds is 7. The molecule has 0 aliphatic rings. The molecule has 0 saturated carbocycles. The molecule has 0 radical (unpaired) electrons. The molecule has 0 bridgehead atoms. The van der Waals surface area contributed by atoms with E-state index in [0.29, 0.717) is 30.4 Å². The molecule has 1 atom stereocenters. The van der Waals surface area contributed by atoms with Crippen LogP contribution in [0.4, 0.5) is 14.8 Å². The predicted octanol–water partition coefficient (Wildman–Crippen LogP) is 2.67. The van der Waals surface area contributed by atoms with Gasteiger partial charge in [0, 0.05) is 12.6 Å². The first-order valence-electron chi connectivity index (χ1n) is 6.84. The van der Waals surface area contributed by atoms with E-state index in [2.05, 4.69) is 20.8 Å². The lowest BCUT2D eigenvalue weighted by molar-refractivity contribution is 0.429. The fourth-order valence-electron chi connectivity index (χ4n) is 1.94. The Balaban J connectivity index is 1.86. The molecule has 0 fully saturated rings. The molecule has 5 nitrogen and oxygen atoms in total. The maximum atomic E-state index is 13.0. The van der Waals surface area contributed by atoms with E-state index in [4.69, 9.17) is 4.42 Å². The zero-order valence-electron chi connectivity index (χ0n) is 12.0. The Hall–Kier alpha value is -2.02. The van der Waals surface area contributed by atoms with E-state index < -0.39 is 11.6 Å². The van der Waals surface area contributed by atoms with Crippen molar-refractivity contribution >= 4 is 6.01 Å². The predicted molar refractivity (Wildman–Crippen MR) is 74.9 cm³/mol. The molecule has 114 valence electrons. The van der Waals surface area contributed by atoms with Crippen LogP contribution in [-0.4, -0.2) is 23.3 Å². The molecule has 0 amide bonds. The van der Waals surface area contributed by atoms with Crippen molar-refractivity contribution in [2.45, 2.75) is 26.3 Å². The van der Waals surface area contributed by atoms with Gasteiger partial charge in [-0.25, -0.2) is 8.78 Å². The van der Waals surface area contributed by atoms with Gasteiger partial charge in [-0.05, 0) is 37.6 Å². The molecule has 0 aliphatic heterocycles. The second-order valence-corrected chi connectivity index (χ2v) is 4.68. The molecule has 1 aromatic heterocycles. The SMILES string of the molecule is CCNC(C)c1nnc(NCCc2cc(F)cc(F)c2)o1. The zero-order chi connectivity index (χ0) is 15.2. The van der Waals surface area contributed by atoms with Crippen molar-refractivity contribution in [3.05, 3.63) is 41.3 Å². The van der Waals surface area contributed by atoms with Gasteiger partial charge >= 0.3 is 6.01 Å². The van der Waals surface area contributed by atoms with Gasteiger partial charge < -0.3 is 15.1 Å². The summed E-state index contributed by atoms with van der Waals surface area (Å²) in [6.45, 7) is 5.16. The third-order valence-electron chi connectivity index (χ3n) is 2.93. The molecule has 0 aliphatic carbocycles. The molecular weight excluding hydrogens is 278 g/mol. The van der Waals surface area contributed by atoms with E-state index >= 15 is 0 Å². The lowest BCUT2D eigenvalue weighted by atomic mass is 10.1. The van der Waals surface area contributed by atoms with Crippen LogP contribution in [0.3, 0.4) is 0 Å². The molecule has 1 heterocycles. The summed E-state index contributed by atoms with van der Waals surface area (Å²) in [5.41, 5.74) is 0.570. The van der Waals surface area contributed by atoms with Crippen LogP contribution in [-0.2, 0) is 6.42 Å². The topological polar surface area (TPSA) is 63.0 Å². The van der Waals surface area contributed by atoms with Gasteiger partial charge in [0.15, 0.2) is 0 Å². The lowest BCUT2D eigenvalue weighted by Crippen LogP contribution is -2.17. The Morgan fingerprint density at radius 2 is 1.90 bits per heavy atom. The first kappa shape index (κ1) is 15.4. The summed E-state index contributed by atoms with van der Waals surface area (Å²) in [5.74, 6) is -0.662. The summed E-state index contributed by atoms with van der Waals surface area (Å²) >= 11 is 0. The highest BCUT2D eigenvalue weighted by Gasteiger charge is 2.12. The van der Waals surface area contributed by atoms with E-state index in [1.165, 1.54) is 12.1 Å². The Bertz CT molecular complexity index is 568. The minimum absolute atomic E-state index is 0.0182. The van der Waals surface area contributed by atoms with Crippen LogP contribution in [0, 0.1) is 11.6 Å². The van der Waals surface area contributed by atoms with Gasteiger partial charge in [0.05, 0.1) is 6.04 Å². The lowest BCUT2D eigenvalue weighted by Gasteiger charge is -2.06. The minimum Gasteiger partial charge on any atom is -0.406 e. The highest BCUT2D eigenvalue weighted by molar-refractivity contribution is 5.22. The van der Waals surface area contributed by atoms with E-state index in [1.54, 1.807) is 0 Å². The largest absolute Gasteiger partial charge is 0.406 e. The van der Waals surface area contributed by atoms with Gasteiger partial charge in [0.1, 0.15) is 11.6 Å². The molecule has 2 aromatic rings. The number of hydrogen-bond acceptors (Lipinski definition) is 5. The number of benzene rings is 1. The first-order valence-corrected chi connectivity index (χ1v) is 6.84. The third-order valence-corrected chi connectivity index (χ3v) is 2.93. The van der Waals surface area contributed by atoms with Crippen LogP contribution in [0.25, 0.3) is 0 Å². The van der Waals surface area contributed by atoms with Crippen molar-refractivity contribution in [2.75, 3.05) is 18.4 Å². The summed E-state index contributed by atoms with van der Waals surface area (Å²) in [6.07, 6.45) is 0.454. The molecular formula is C14H18F2N4O. The van der Waals surface area contributed by atoms with Crippen LogP contribution in [0.15, 0.2) is 22.6 Å². The van der Waals surface area contributed by atoms with Crippen LogP contribution in [0.5, 0.6) is 0 Å². The Morgan fingerprint density at radius 3 is 2.57 bits per heavy atom. The molecule has 0 saturated heterocycles. The number of hydrogen-bond donors (Lipinski definition) is 2. The van der Waals surface area contributed by atoms with E-state index in [1.807, 2.05) is 13.8 Å². The number of anilines is 1. The minimum atomic E-state index is -0.579.